The van der Waals surface area contributed by atoms with Crippen molar-refractivity contribution in [1.29, 1.82) is 0 Å². The number of halogens is 1. The number of rotatable bonds is 7. The molecule has 0 unspecified atom stereocenters. The second-order valence-electron chi connectivity index (χ2n) is 6.42. The number of carbonyl (C=O) groups is 1. The Morgan fingerprint density at radius 3 is 2.68 bits per heavy atom. The molecule has 150 valence electrons. The Morgan fingerprint density at radius 2 is 2.07 bits per heavy atom. The largest absolute Gasteiger partial charge is 0.489 e. The number of pyridine rings is 1. The predicted octanol–water partition coefficient (Wildman–Crippen LogP) is 2.61. The minimum absolute atomic E-state index is 0.0000244. The summed E-state index contributed by atoms with van der Waals surface area (Å²) in [4.78, 5) is 17.0. The van der Waals surface area contributed by atoms with E-state index in [2.05, 4.69) is 14.6 Å². The lowest BCUT2D eigenvalue weighted by molar-refractivity contribution is -0.134. The number of hydrogen-bond donors (Lipinski definition) is 2. The third-order valence-corrected chi connectivity index (χ3v) is 5.73. The Morgan fingerprint density at radius 1 is 1.32 bits per heavy atom. The van der Waals surface area contributed by atoms with Crippen molar-refractivity contribution in [2.24, 2.45) is 0 Å². The van der Waals surface area contributed by atoms with Crippen LogP contribution in [0.4, 0.5) is 11.4 Å². The molecular weight excluding hydrogens is 406 g/mol. The molecule has 1 aromatic heterocycles. The first kappa shape index (κ1) is 20.2. The number of aliphatic carboxylic acids is 1. The molecule has 1 aliphatic rings. The third-order valence-electron chi connectivity index (χ3n) is 4.27. The van der Waals surface area contributed by atoms with Crippen molar-refractivity contribution in [3.8, 4) is 5.75 Å². The Bertz CT molecular complexity index is 931. The fraction of sp³-hybridized carbons (Fsp3) is 0.333. The van der Waals surface area contributed by atoms with Crippen LogP contribution >= 0.6 is 11.6 Å². The van der Waals surface area contributed by atoms with Crippen LogP contribution in [0.3, 0.4) is 0 Å². The average molecular weight is 426 g/mol. The van der Waals surface area contributed by atoms with E-state index in [-0.39, 0.29) is 16.8 Å². The summed E-state index contributed by atoms with van der Waals surface area (Å²) in [7, 11) is -3.98. The van der Waals surface area contributed by atoms with Gasteiger partial charge in [-0.15, -0.1) is 0 Å². The summed E-state index contributed by atoms with van der Waals surface area (Å²) >= 11 is 6.21. The lowest BCUT2D eigenvalue weighted by Gasteiger charge is -2.33. The first-order valence-electron chi connectivity index (χ1n) is 8.66. The van der Waals surface area contributed by atoms with Gasteiger partial charge in [-0.3, -0.25) is 14.5 Å². The summed E-state index contributed by atoms with van der Waals surface area (Å²) in [5.74, 6) is -1.99. The molecule has 0 saturated carbocycles. The van der Waals surface area contributed by atoms with Crippen molar-refractivity contribution in [2.75, 3.05) is 28.5 Å². The summed E-state index contributed by atoms with van der Waals surface area (Å²) in [6.45, 7) is 1.67. The standard InChI is InChI=1S/C18H20ClN3O5S/c19-16-10-13(21-28(25,26)12-18(23)24)3-4-17(16)27-15-5-8-22(9-6-15)14-2-1-7-20-11-14/h1-4,7,10-11,15,21H,5-6,8-9,12H2,(H,23,24). The Kier molecular flexibility index (Phi) is 6.25. The zero-order chi connectivity index (χ0) is 20.1. The van der Waals surface area contributed by atoms with Gasteiger partial charge in [0.05, 0.1) is 22.6 Å². The van der Waals surface area contributed by atoms with Gasteiger partial charge < -0.3 is 14.7 Å². The van der Waals surface area contributed by atoms with Crippen LogP contribution in [0.15, 0.2) is 42.7 Å². The highest BCUT2D eigenvalue weighted by atomic mass is 35.5. The van der Waals surface area contributed by atoms with Gasteiger partial charge in [0.15, 0.2) is 5.75 Å². The molecule has 3 rings (SSSR count). The van der Waals surface area contributed by atoms with E-state index in [0.29, 0.717) is 5.75 Å². The smallest absolute Gasteiger partial charge is 0.320 e. The molecule has 2 heterocycles. The van der Waals surface area contributed by atoms with E-state index in [0.717, 1.165) is 31.6 Å². The third kappa shape index (κ3) is 5.49. The van der Waals surface area contributed by atoms with Crippen LogP contribution in [-0.4, -0.2) is 49.4 Å². The van der Waals surface area contributed by atoms with E-state index in [9.17, 15) is 13.2 Å². The molecule has 10 heteroatoms. The number of carboxylic acids is 1. The molecule has 1 aliphatic heterocycles. The number of anilines is 2. The van der Waals surface area contributed by atoms with Crippen LogP contribution in [0.5, 0.6) is 5.75 Å². The summed E-state index contributed by atoms with van der Waals surface area (Å²) in [6.07, 6.45) is 5.21. The zero-order valence-electron chi connectivity index (χ0n) is 14.9. The molecule has 0 aliphatic carbocycles. The maximum atomic E-state index is 11.7. The van der Waals surface area contributed by atoms with E-state index in [4.69, 9.17) is 21.4 Å². The lowest BCUT2D eigenvalue weighted by atomic mass is 10.1. The van der Waals surface area contributed by atoms with Gasteiger partial charge in [0.1, 0.15) is 11.9 Å². The fourth-order valence-electron chi connectivity index (χ4n) is 2.99. The van der Waals surface area contributed by atoms with Crippen LogP contribution in [0.25, 0.3) is 0 Å². The van der Waals surface area contributed by atoms with E-state index >= 15 is 0 Å². The SMILES string of the molecule is O=C(O)CS(=O)(=O)Nc1ccc(OC2CCN(c3cccnc3)CC2)c(Cl)c1. The maximum Gasteiger partial charge on any atom is 0.320 e. The number of ether oxygens (including phenoxy) is 1. The van der Waals surface area contributed by atoms with Gasteiger partial charge in [0.25, 0.3) is 0 Å². The molecule has 2 N–H and O–H groups in total. The van der Waals surface area contributed by atoms with Crippen molar-refractivity contribution < 1.29 is 23.1 Å². The van der Waals surface area contributed by atoms with E-state index in [1.165, 1.54) is 12.1 Å². The molecule has 0 atom stereocenters. The van der Waals surface area contributed by atoms with Gasteiger partial charge in [-0.2, -0.15) is 0 Å². The molecular formula is C18H20ClN3O5S. The summed E-state index contributed by atoms with van der Waals surface area (Å²) in [5.41, 5.74) is 1.27. The van der Waals surface area contributed by atoms with Gasteiger partial charge in [0.2, 0.25) is 10.0 Å². The van der Waals surface area contributed by atoms with Gasteiger partial charge in [0, 0.05) is 32.1 Å². The molecule has 0 spiro atoms. The molecule has 28 heavy (non-hydrogen) atoms. The number of nitrogens with zero attached hydrogens (tertiary/aromatic N) is 2. The molecule has 0 bridgehead atoms. The van der Waals surface area contributed by atoms with Crippen molar-refractivity contribution in [3.63, 3.8) is 0 Å². The van der Waals surface area contributed by atoms with Crippen LogP contribution < -0.4 is 14.4 Å². The topological polar surface area (TPSA) is 109 Å². The number of aromatic nitrogens is 1. The Labute approximate surface area is 168 Å². The fourth-order valence-corrected chi connectivity index (χ4v) is 4.10. The normalized spacial score (nSPS) is 15.2. The molecule has 1 fully saturated rings. The van der Waals surface area contributed by atoms with E-state index in [1.54, 1.807) is 12.3 Å². The number of nitrogens with one attached hydrogen (secondary N) is 1. The lowest BCUT2D eigenvalue weighted by Crippen LogP contribution is -2.38. The second kappa shape index (κ2) is 8.66. The molecule has 2 aromatic rings. The zero-order valence-corrected chi connectivity index (χ0v) is 16.5. The summed E-state index contributed by atoms with van der Waals surface area (Å²) < 4.78 is 31.6. The number of piperidine rings is 1. The molecule has 0 radical (unpaired) electrons. The number of carboxylic acid groups (broad SMARTS) is 1. The van der Waals surface area contributed by atoms with Crippen LogP contribution in [0.2, 0.25) is 5.02 Å². The highest BCUT2D eigenvalue weighted by Gasteiger charge is 2.22. The minimum Gasteiger partial charge on any atom is -0.489 e. The van der Waals surface area contributed by atoms with E-state index < -0.39 is 21.7 Å². The Hall–Kier alpha value is -2.52. The van der Waals surface area contributed by atoms with Gasteiger partial charge in [-0.25, -0.2) is 8.42 Å². The van der Waals surface area contributed by atoms with Crippen LogP contribution in [0.1, 0.15) is 12.8 Å². The Balaban J connectivity index is 1.58. The first-order chi connectivity index (χ1) is 13.3. The highest BCUT2D eigenvalue weighted by molar-refractivity contribution is 7.93. The van der Waals surface area contributed by atoms with Gasteiger partial charge in [-0.1, -0.05) is 11.6 Å². The second-order valence-corrected chi connectivity index (χ2v) is 8.55. The van der Waals surface area contributed by atoms with E-state index in [1.807, 2.05) is 18.3 Å². The number of sulfonamides is 1. The highest BCUT2D eigenvalue weighted by Crippen LogP contribution is 2.31. The van der Waals surface area contributed by atoms with Crippen molar-refractivity contribution >= 4 is 39.0 Å². The number of benzene rings is 1. The maximum absolute atomic E-state index is 11.7. The molecule has 0 amide bonds. The number of hydrogen-bond acceptors (Lipinski definition) is 6. The quantitative estimate of drug-likeness (QED) is 0.701. The van der Waals surface area contributed by atoms with Crippen molar-refractivity contribution in [2.45, 2.75) is 18.9 Å². The molecule has 1 saturated heterocycles. The summed E-state index contributed by atoms with van der Waals surface area (Å²) in [5, 5.41) is 8.88. The summed E-state index contributed by atoms with van der Waals surface area (Å²) in [6, 6.07) is 8.40. The van der Waals surface area contributed by atoms with Gasteiger partial charge >= 0.3 is 5.97 Å². The molecule has 1 aromatic carbocycles. The van der Waals surface area contributed by atoms with Crippen LogP contribution in [-0.2, 0) is 14.8 Å². The first-order valence-corrected chi connectivity index (χ1v) is 10.7. The van der Waals surface area contributed by atoms with Gasteiger partial charge in [-0.05, 0) is 30.3 Å². The molecule has 8 nitrogen and oxygen atoms in total. The predicted molar refractivity (Wildman–Crippen MR) is 107 cm³/mol. The van der Waals surface area contributed by atoms with Crippen LogP contribution in [0, 0.1) is 0 Å². The minimum atomic E-state index is -3.98. The monoisotopic (exact) mass is 425 g/mol. The van der Waals surface area contributed by atoms with Crippen molar-refractivity contribution in [1.82, 2.24) is 4.98 Å². The van der Waals surface area contributed by atoms with Crippen molar-refractivity contribution in [3.05, 3.63) is 47.7 Å². The average Bonchev–Trinajstić information content (AvgIpc) is 2.64.